The highest BCUT2D eigenvalue weighted by atomic mass is 32.2. The summed E-state index contributed by atoms with van der Waals surface area (Å²) in [4.78, 5) is 47.4. The molecule has 0 unspecified atom stereocenters. The minimum absolute atomic E-state index is 0.00332. The van der Waals surface area contributed by atoms with Crippen molar-refractivity contribution in [2.24, 2.45) is 30.7 Å². The SMILES string of the molecule is Nc1ccc(N=Nc2ccc(N/N=c3\ccc4c(S(=O)(=O)O)c/c(=N\Nc5ccc(N=Nc6ccc(N)c(C(=O)O)c6)cc5S(=O)(=O)O)c(=O)c=4c3=O)c(S(=O)(=O)O)c2)cc1C(=O)O. The molecule has 6 rings (SSSR count). The molecule has 0 heterocycles. The molecule has 0 aliphatic heterocycles. The lowest BCUT2D eigenvalue weighted by Crippen LogP contribution is -2.38. The monoisotopic (exact) mass is 934 g/mol. The topological polar surface area (TPSA) is 422 Å². The van der Waals surface area contributed by atoms with E-state index in [9.17, 15) is 68.3 Å². The first-order chi connectivity index (χ1) is 29.9. The largest absolute Gasteiger partial charge is 0.478 e. The van der Waals surface area contributed by atoms with Gasteiger partial charge in [-0.1, -0.05) is 6.07 Å². The Morgan fingerprint density at radius 3 is 1.27 bits per heavy atom. The molecule has 25 nitrogen and oxygen atoms in total. The molecule has 4 aromatic rings. The molecule has 64 heavy (non-hydrogen) atoms. The van der Waals surface area contributed by atoms with Crippen LogP contribution < -0.4 is 43.9 Å². The second-order valence-corrected chi connectivity index (χ2v) is 17.0. The van der Waals surface area contributed by atoms with Crippen LogP contribution in [0.4, 0.5) is 45.5 Å². The van der Waals surface area contributed by atoms with Crippen LogP contribution in [-0.2, 0) is 30.4 Å². The number of carboxylic acid groups (broad SMARTS) is 2. The summed E-state index contributed by atoms with van der Waals surface area (Å²) in [7, 11) is -15.4. The maximum absolute atomic E-state index is 13.7. The van der Waals surface area contributed by atoms with Gasteiger partial charge in [-0.05, 0) is 84.9 Å². The molecule has 2 aliphatic rings. The Morgan fingerprint density at radius 1 is 0.484 bits per heavy atom. The number of hydrogen-bond acceptors (Lipinski definition) is 20. The molecule has 0 saturated carbocycles. The van der Waals surface area contributed by atoms with Crippen LogP contribution in [0.5, 0.6) is 0 Å². The highest BCUT2D eigenvalue weighted by Gasteiger charge is 2.21. The highest BCUT2D eigenvalue weighted by Crippen LogP contribution is 2.30. The summed E-state index contributed by atoms with van der Waals surface area (Å²) in [6.07, 6.45) is 0. The summed E-state index contributed by atoms with van der Waals surface area (Å²) in [5.74, 6) is -2.70. The van der Waals surface area contributed by atoms with Gasteiger partial charge in [-0.25, -0.2) is 9.59 Å². The number of aromatic carboxylic acids is 2. The minimum atomic E-state index is -5.22. The number of azo groups is 2. The lowest BCUT2D eigenvalue weighted by Gasteiger charge is -2.08. The fraction of sp³-hybridized carbons (Fsp3) is 0. The Morgan fingerprint density at radius 2 is 0.859 bits per heavy atom. The molecule has 0 spiro atoms. The van der Waals surface area contributed by atoms with Gasteiger partial charge in [0.15, 0.2) is 0 Å². The summed E-state index contributed by atoms with van der Waals surface area (Å²) in [5, 5.41) is 38.4. The lowest BCUT2D eigenvalue weighted by atomic mass is 10.1. The van der Waals surface area contributed by atoms with Gasteiger partial charge in [-0.2, -0.15) is 55.9 Å². The van der Waals surface area contributed by atoms with Gasteiger partial charge < -0.3 is 21.7 Å². The van der Waals surface area contributed by atoms with E-state index in [0.717, 1.165) is 54.6 Å². The van der Waals surface area contributed by atoms with Gasteiger partial charge in [0.1, 0.15) is 25.4 Å². The normalized spacial score (nSPS) is 12.9. The zero-order chi connectivity index (χ0) is 46.9. The predicted molar refractivity (Wildman–Crippen MR) is 221 cm³/mol. The molecule has 0 bridgehead atoms. The molecule has 11 N–H and O–H groups in total. The maximum Gasteiger partial charge on any atom is 0.337 e. The summed E-state index contributed by atoms with van der Waals surface area (Å²) < 4.78 is 104. The summed E-state index contributed by atoms with van der Waals surface area (Å²) >= 11 is 0. The molecule has 0 fully saturated rings. The van der Waals surface area contributed by atoms with E-state index in [4.69, 9.17) is 11.5 Å². The van der Waals surface area contributed by atoms with Crippen LogP contribution in [0.15, 0.2) is 146 Å². The quantitative estimate of drug-likeness (QED) is 0.0348. The number of anilines is 4. The number of nitrogens with zero attached hydrogens (tertiary/aromatic N) is 6. The minimum Gasteiger partial charge on any atom is -0.478 e. The number of nitrogens with two attached hydrogens (primary N) is 2. The molecule has 0 atom stereocenters. The molecule has 0 radical (unpaired) electrons. The van der Waals surface area contributed by atoms with E-state index in [2.05, 4.69) is 41.5 Å². The lowest BCUT2D eigenvalue weighted by molar-refractivity contribution is 0.0687. The van der Waals surface area contributed by atoms with E-state index < -0.39 is 100 Å². The first kappa shape index (κ1) is 45.4. The van der Waals surface area contributed by atoms with Crippen LogP contribution in [0, 0.1) is 10.4 Å². The fourth-order valence-corrected chi connectivity index (χ4v) is 7.63. The van der Waals surface area contributed by atoms with E-state index >= 15 is 0 Å². The molecule has 0 saturated heterocycles. The van der Waals surface area contributed by atoms with Crippen LogP contribution in [0.3, 0.4) is 0 Å². The average molecular weight is 935 g/mol. The Bertz CT molecular complexity index is 3670. The molecule has 0 aromatic heterocycles. The fourth-order valence-electron chi connectivity index (χ4n) is 5.60. The molecule has 0 amide bonds. The molecule has 328 valence electrons. The van der Waals surface area contributed by atoms with Crippen molar-refractivity contribution in [3.63, 3.8) is 0 Å². The molecular formula is C36H26N10O15S3. The molecule has 28 heteroatoms. The zero-order valence-electron chi connectivity index (χ0n) is 31.5. The van der Waals surface area contributed by atoms with Crippen LogP contribution in [0.2, 0.25) is 0 Å². The van der Waals surface area contributed by atoms with E-state index in [1.807, 2.05) is 0 Å². The molecule has 4 aromatic carbocycles. The van der Waals surface area contributed by atoms with Crippen LogP contribution in [0.25, 0.3) is 0 Å². The number of carboxylic acids is 2. The zero-order valence-corrected chi connectivity index (χ0v) is 34.0. The van der Waals surface area contributed by atoms with Gasteiger partial charge in [0.05, 0.1) is 50.5 Å². The third kappa shape index (κ3) is 9.97. The van der Waals surface area contributed by atoms with Crippen molar-refractivity contribution in [2.45, 2.75) is 14.7 Å². The number of carbonyl (C=O) groups is 2. The van der Waals surface area contributed by atoms with Crippen LogP contribution in [-0.4, -0.2) is 61.1 Å². The van der Waals surface area contributed by atoms with E-state index in [1.54, 1.807) is 0 Å². The number of nitrogens with one attached hydrogen (secondary N) is 2. The highest BCUT2D eigenvalue weighted by molar-refractivity contribution is 7.86. The number of nitrogen functional groups attached to an aromatic ring is 2. The number of benzene rings is 4. The number of rotatable bonds is 13. The third-order valence-electron chi connectivity index (χ3n) is 8.58. The van der Waals surface area contributed by atoms with E-state index in [1.165, 1.54) is 30.3 Å². The summed E-state index contributed by atoms with van der Waals surface area (Å²) in [6.45, 7) is 0. The van der Waals surface area contributed by atoms with Gasteiger partial charge in [-0.15, -0.1) is 0 Å². The van der Waals surface area contributed by atoms with Crippen molar-refractivity contribution in [2.75, 3.05) is 22.3 Å². The van der Waals surface area contributed by atoms with Crippen molar-refractivity contribution < 1.29 is 58.7 Å². The number of hydrogen-bond donors (Lipinski definition) is 9. The standard InChI is InChI=1S/C36H26N10O15S3/c37-23-6-1-16(11-21(23)35(49)50)39-41-18-3-8-25(30(13-18)63(56,57)58)43-45-27-10-5-20-29(62(53,54)55)15-28(34(48)32(20)33(27)47)46-44-26-9-4-19(14-31(26)64(59,60)61)42-40-17-2-7-24(38)22(12-17)36(51)52/h1-15,43-44H,37-38H2,(H,49,50)(H,51,52)(H,53,54,55)(H,56,57,58)(H,59,60,61)/b41-39?,42-40?,45-27+,46-28+. The average Bonchev–Trinajstić information content (AvgIpc) is 3.21. The van der Waals surface area contributed by atoms with Gasteiger partial charge in [-0.3, -0.25) is 34.1 Å². The van der Waals surface area contributed by atoms with Crippen LogP contribution in [0.1, 0.15) is 20.7 Å². The summed E-state index contributed by atoms with van der Waals surface area (Å²) in [5.41, 5.74) is 11.1. The van der Waals surface area contributed by atoms with Crippen molar-refractivity contribution in [3.05, 3.63) is 144 Å². The van der Waals surface area contributed by atoms with Gasteiger partial charge in [0, 0.05) is 16.6 Å². The Balaban J connectivity index is 1.38. The smallest absolute Gasteiger partial charge is 0.337 e. The van der Waals surface area contributed by atoms with Crippen LogP contribution >= 0.6 is 0 Å². The van der Waals surface area contributed by atoms with E-state index in [-0.39, 0.29) is 45.3 Å². The predicted octanol–water partition coefficient (Wildman–Crippen LogP) is 2.99. The summed E-state index contributed by atoms with van der Waals surface area (Å²) in [6, 6.07) is 15.7. The Labute approximate surface area is 356 Å². The second-order valence-electron chi connectivity index (χ2n) is 12.8. The van der Waals surface area contributed by atoms with Gasteiger partial charge in [0.2, 0.25) is 10.9 Å². The van der Waals surface area contributed by atoms with E-state index in [0.29, 0.717) is 6.07 Å². The van der Waals surface area contributed by atoms with Crippen molar-refractivity contribution >= 4 is 87.8 Å². The van der Waals surface area contributed by atoms with Crippen molar-refractivity contribution in [1.29, 1.82) is 0 Å². The molecule has 2 aliphatic carbocycles. The Hall–Kier alpha value is -8.15. The van der Waals surface area contributed by atoms with Crippen molar-refractivity contribution in [3.8, 4) is 0 Å². The second kappa shape index (κ2) is 17.3. The van der Waals surface area contributed by atoms with Gasteiger partial charge >= 0.3 is 11.9 Å². The first-order valence-electron chi connectivity index (χ1n) is 17.1. The molecular weight excluding hydrogens is 909 g/mol. The third-order valence-corrected chi connectivity index (χ3v) is 11.3. The van der Waals surface area contributed by atoms with Crippen molar-refractivity contribution in [1.82, 2.24) is 0 Å². The first-order valence-corrected chi connectivity index (χ1v) is 21.5. The maximum atomic E-state index is 13.7. The Kier molecular flexibility index (Phi) is 12.3. The van der Waals surface area contributed by atoms with Gasteiger partial charge in [0.25, 0.3) is 30.4 Å².